The number of nitrogens with two attached hydrogens (primary N) is 1. The topological polar surface area (TPSA) is 127 Å². The molecule has 0 aliphatic heterocycles. The van der Waals surface area contributed by atoms with Gasteiger partial charge in [0.15, 0.2) is 0 Å². The Balaban J connectivity index is 3.20. The Morgan fingerprint density at radius 3 is 2.48 bits per heavy atom. The maximum Gasteiger partial charge on any atom is 0.336 e. The van der Waals surface area contributed by atoms with Gasteiger partial charge in [0.25, 0.3) is 0 Å². The first kappa shape index (κ1) is 17.6. The Kier molecular flexibility index (Phi) is 5.48. The van der Waals surface area contributed by atoms with Crippen molar-refractivity contribution in [1.82, 2.24) is 4.72 Å². The van der Waals surface area contributed by atoms with Crippen LogP contribution >= 0.6 is 15.9 Å². The molecule has 0 spiro atoms. The van der Waals surface area contributed by atoms with Gasteiger partial charge >= 0.3 is 5.97 Å². The van der Waals surface area contributed by atoms with E-state index in [1.807, 2.05) is 0 Å². The first-order chi connectivity index (χ1) is 9.54. The van der Waals surface area contributed by atoms with E-state index in [9.17, 15) is 18.0 Å². The summed E-state index contributed by atoms with van der Waals surface area (Å²) in [6.45, 7) is 3.05. The number of carboxylic acid groups (broad SMARTS) is 1. The van der Waals surface area contributed by atoms with Crippen molar-refractivity contribution in [3.63, 3.8) is 0 Å². The number of primary amides is 1. The second kappa shape index (κ2) is 6.54. The molecule has 0 heterocycles. The minimum Gasteiger partial charge on any atom is -0.478 e. The number of hydrogen-bond donors (Lipinski definition) is 3. The molecule has 1 rings (SSSR count). The van der Waals surface area contributed by atoms with Gasteiger partial charge in [0.1, 0.15) is 0 Å². The number of sulfonamides is 1. The van der Waals surface area contributed by atoms with Gasteiger partial charge in [-0.25, -0.2) is 17.9 Å². The molecular formula is C12H15BrN2O5S. The predicted molar refractivity (Wildman–Crippen MR) is 79.4 cm³/mol. The molecule has 1 unspecified atom stereocenters. The second-order valence-corrected chi connectivity index (χ2v) is 7.14. The maximum absolute atomic E-state index is 12.2. The fraction of sp³-hybridized carbons (Fsp3) is 0.333. The van der Waals surface area contributed by atoms with E-state index < -0.39 is 27.9 Å². The second-order valence-electron chi connectivity index (χ2n) is 4.58. The minimum absolute atomic E-state index is 0.118. The third-order valence-electron chi connectivity index (χ3n) is 2.72. The lowest BCUT2D eigenvalue weighted by molar-refractivity contribution is -0.118. The van der Waals surface area contributed by atoms with Crippen molar-refractivity contribution in [1.29, 1.82) is 0 Å². The Bertz CT molecular complexity index is 687. The zero-order valence-electron chi connectivity index (χ0n) is 11.4. The van der Waals surface area contributed by atoms with E-state index in [2.05, 4.69) is 20.7 Å². The van der Waals surface area contributed by atoms with Crippen molar-refractivity contribution < 1.29 is 23.1 Å². The van der Waals surface area contributed by atoms with Crippen LogP contribution in [0, 0.1) is 6.92 Å². The lowest BCUT2D eigenvalue weighted by Crippen LogP contribution is -2.35. The Hall–Kier alpha value is -1.45. The quantitative estimate of drug-likeness (QED) is 0.680. The molecule has 0 saturated carbocycles. The van der Waals surface area contributed by atoms with Crippen LogP contribution in [0.3, 0.4) is 0 Å². The highest BCUT2D eigenvalue weighted by Crippen LogP contribution is 2.25. The molecule has 4 N–H and O–H groups in total. The monoisotopic (exact) mass is 378 g/mol. The summed E-state index contributed by atoms with van der Waals surface area (Å²) in [6, 6.07) is 1.68. The van der Waals surface area contributed by atoms with Crippen molar-refractivity contribution in [2.75, 3.05) is 0 Å². The predicted octanol–water partition coefficient (Wildman–Crippen LogP) is 0.998. The number of amides is 1. The molecule has 0 bridgehead atoms. The van der Waals surface area contributed by atoms with Crippen molar-refractivity contribution >= 4 is 37.8 Å². The van der Waals surface area contributed by atoms with E-state index in [0.29, 0.717) is 10.0 Å². The highest BCUT2D eigenvalue weighted by Gasteiger charge is 2.22. The van der Waals surface area contributed by atoms with Gasteiger partial charge < -0.3 is 10.8 Å². The largest absolute Gasteiger partial charge is 0.478 e. The molecule has 0 radical (unpaired) electrons. The third-order valence-corrected chi connectivity index (χ3v) is 5.11. The van der Waals surface area contributed by atoms with Crippen molar-refractivity contribution in [2.45, 2.75) is 31.2 Å². The summed E-state index contributed by atoms with van der Waals surface area (Å²) in [5.41, 5.74) is 5.30. The first-order valence-electron chi connectivity index (χ1n) is 5.88. The van der Waals surface area contributed by atoms with E-state index in [0.717, 1.165) is 6.07 Å². The number of benzene rings is 1. The SMILES string of the molecule is Cc1c(Br)cc(S(=O)(=O)NC(C)CC(N)=O)cc1C(=O)O. The molecule has 0 fully saturated rings. The van der Waals surface area contributed by atoms with Crippen LogP contribution in [-0.2, 0) is 14.8 Å². The van der Waals surface area contributed by atoms with Gasteiger partial charge in [-0.1, -0.05) is 15.9 Å². The fourth-order valence-corrected chi connectivity index (χ4v) is 3.61. The van der Waals surface area contributed by atoms with Gasteiger partial charge in [-0.3, -0.25) is 4.79 Å². The highest BCUT2D eigenvalue weighted by molar-refractivity contribution is 9.10. The van der Waals surface area contributed by atoms with Crippen LogP contribution < -0.4 is 10.5 Å². The average Bonchev–Trinajstić information content (AvgIpc) is 2.29. The standard InChI is InChI=1S/C12H15BrN2O5S/c1-6(3-11(14)16)15-21(19,20)8-4-9(12(17)18)7(2)10(13)5-8/h4-6,15H,3H2,1-2H3,(H2,14,16)(H,17,18). The van der Waals surface area contributed by atoms with Crippen molar-refractivity contribution in [2.24, 2.45) is 5.73 Å². The normalized spacial score (nSPS) is 12.9. The molecule has 21 heavy (non-hydrogen) atoms. The van der Waals surface area contributed by atoms with Crippen LogP contribution in [0.15, 0.2) is 21.5 Å². The molecule has 0 aromatic heterocycles. The number of rotatable bonds is 6. The van der Waals surface area contributed by atoms with Gasteiger partial charge in [-0.2, -0.15) is 0 Å². The Labute approximate surface area is 130 Å². The lowest BCUT2D eigenvalue weighted by Gasteiger charge is -2.14. The van der Waals surface area contributed by atoms with Gasteiger partial charge in [-0.05, 0) is 31.5 Å². The minimum atomic E-state index is -3.95. The summed E-state index contributed by atoms with van der Waals surface area (Å²) in [4.78, 5) is 21.7. The van der Waals surface area contributed by atoms with Crippen molar-refractivity contribution in [3.8, 4) is 0 Å². The summed E-state index contributed by atoms with van der Waals surface area (Å²) in [7, 11) is -3.95. The van der Waals surface area contributed by atoms with Crippen LogP contribution in [0.25, 0.3) is 0 Å². The third kappa shape index (κ3) is 4.51. The van der Waals surface area contributed by atoms with E-state index in [1.54, 1.807) is 6.92 Å². The molecule has 9 heteroatoms. The zero-order valence-corrected chi connectivity index (χ0v) is 13.8. The van der Waals surface area contributed by atoms with Gasteiger partial charge in [0.2, 0.25) is 15.9 Å². The fourth-order valence-electron chi connectivity index (χ4n) is 1.71. The van der Waals surface area contributed by atoms with Crippen LogP contribution in [0.5, 0.6) is 0 Å². The molecular weight excluding hydrogens is 364 g/mol. The van der Waals surface area contributed by atoms with Gasteiger partial charge in [-0.15, -0.1) is 0 Å². The number of halogens is 1. The summed E-state index contributed by atoms with van der Waals surface area (Å²) in [5, 5.41) is 9.08. The highest BCUT2D eigenvalue weighted by atomic mass is 79.9. The molecule has 7 nitrogen and oxygen atoms in total. The zero-order chi connectivity index (χ0) is 16.4. The number of hydrogen-bond acceptors (Lipinski definition) is 4. The molecule has 116 valence electrons. The average molecular weight is 379 g/mol. The first-order valence-corrected chi connectivity index (χ1v) is 8.16. The van der Waals surface area contributed by atoms with Crippen LogP contribution in [0.4, 0.5) is 0 Å². The molecule has 1 aromatic rings. The summed E-state index contributed by atoms with van der Waals surface area (Å²) >= 11 is 3.13. The van der Waals surface area contributed by atoms with Gasteiger partial charge in [0, 0.05) is 16.9 Å². The summed E-state index contributed by atoms with van der Waals surface area (Å²) in [6.07, 6.45) is -0.155. The van der Waals surface area contributed by atoms with Crippen LogP contribution in [0.1, 0.15) is 29.3 Å². The smallest absolute Gasteiger partial charge is 0.336 e. The summed E-state index contributed by atoms with van der Waals surface area (Å²) in [5.74, 6) is -1.86. The van der Waals surface area contributed by atoms with E-state index in [-0.39, 0.29) is 16.9 Å². The molecule has 0 saturated heterocycles. The number of carbonyl (C=O) groups excluding carboxylic acids is 1. The number of aromatic carboxylic acids is 1. The number of nitrogens with one attached hydrogen (secondary N) is 1. The van der Waals surface area contributed by atoms with E-state index in [1.165, 1.54) is 13.0 Å². The number of carboxylic acids is 1. The molecule has 1 amide bonds. The van der Waals surface area contributed by atoms with Crippen molar-refractivity contribution in [3.05, 3.63) is 27.7 Å². The Morgan fingerprint density at radius 2 is 2.00 bits per heavy atom. The lowest BCUT2D eigenvalue weighted by atomic mass is 10.1. The van der Waals surface area contributed by atoms with Gasteiger partial charge in [0.05, 0.1) is 10.5 Å². The molecule has 0 aliphatic rings. The molecule has 1 aromatic carbocycles. The van der Waals surface area contributed by atoms with E-state index in [4.69, 9.17) is 10.8 Å². The van der Waals surface area contributed by atoms with Crippen LogP contribution in [0.2, 0.25) is 0 Å². The molecule has 0 aliphatic carbocycles. The van der Waals surface area contributed by atoms with Crippen LogP contribution in [-0.4, -0.2) is 31.4 Å². The molecule has 1 atom stereocenters. The number of carbonyl (C=O) groups is 2. The summed E-state index contributed by atoms with van der Waals surface area (Å²) < 4.78 is 27.0. The van der Waals surface area contributed by atoms with E-state index >= 15 is 0 Å². The Morgan fingerprint density at radius 1 is 1.43 bits per heavy atom. The maximum atomic E-state index is 12.2.